The first kappa shape index (κ1) is 38.1. The number of allylic oxidation sites excluding steroid dienone is 4. The van der Waals surface area contributed by atoms with E-state index in [2.05, 4.69) is 126 Å². The van der Waals surface area contributed by atoms with Crippen LogP contribution in [0.25, 0.3) is 50.0 Å². The smallest absolute Gasteiger partial charge is 0.130 e. The molecule has 3 heterocycles. The number of nitrogens with zero attached hydrogens (tertiary/aromatic N) is 3. The normalized spacial score (nSPS) is 18.6. The van der Waals surface area contributed by atoms with Crippen LogP contribution in [0.5, 0.6) is 0 Å². The van der Waals surface area contributed by atoms with Gasteiger partial charge in [-0.05, 0) is 75.6 Å². The zero-order valence-corrected chi connectivity index (χ0v) is 34.4. The van der Waals surface area contributed by atoms with Crippen molar-refractivity contribution >= 4 is 27.5 Å². The van der Waals surface area contributed by atoms with Crippen molar-refractivity contribution in [3.05, 3.63) is 138 Å². The molecule has 2 aliphatic rings. The fraction of sp³-hybridized carbons (Fsp3) is 0.312. The fourth-order valence-electron chi connectivity index (χ4n) is 7.83. The quantitative estimate of drug-likeness (QED) is 0.166. The number of pyridine rings is 2. The molecule has 1 radical (unpaired) electrons. The third-order valence-corrected chi connectivity index (χ3v) is 11.3. The summed E-state index contributed by atoms with van der Waals surface area (Å²) in [5, 5.41) is 12.1. The third kappa shape index (κ3) is 7.46. The average molecular weight is 874 g/mol. The molecule has 271 valence electrons. The van der Waals surface area contributed by atoms with Crippen LogP contribution >= 0.6 is 0 Å². The number of nitriles is 1. The van der Waals surface area contributed by atoms with E-state index in [1.165, 1.54) is 24.0 Å². The Hall–Kier alpha value is -4.62. The zero-order valence-electron chi connectivity index (χ0n) is 32.0. The van der Waals surface area contributed by atoms with Gasteiger partial charge in [0.05, 0.1) is 17.2 Å². The average Bonchev–Trinajstić information content (AvgIpc) is 3.53. The van der Waals surface area contributed by atoms with Crippen molar-refractivity contribution in [2.24, 2.45) is 22.7 Å². The number of hydrogen-bond acceptors (Lipinski definition) is 4. The van der Waals surface area contributed by atoms with Gasteiger partial charge in [-0.25, -0.2) is 0 Å². The van der Waals surface area contributed by atoms with Gasteiger partial charge < -0.3 is 14.4 Å². The molecule has 0 N–H and O–H groups in total. The molecule has 3 aromatic carbocycles. The molecule has 2 unspecified atom stereocenters. The summed E-state index contributed by atoms with van der Waals surface area (Å²) in [7, 11) is 0. The molecule has 2 atom stereocenters. The van der Waals surface area contributed by atoms with Gasteiger partial charge in [0.1, 0.15) is 5.58 Å². The number of furan rings is 1. The second-order valence-electron chi connectivity index (χ2n) is 16.9. The molecule has 8 rings (SSSR count). The van der Waals surface area contributed by atoms with Crippen LogP contribution in [0, 0.1) is 53.1 Å². The van der Waals surface area contributed by atoms with Crippen LogP contribution < -0.4 is 0 Å². The number of aromatic nitrogens is 2. The minimum absolute atomic E-state index is 0. The van der Waals surface area contributed by atoms with Crippen molar-refractivity contribution in [1.82, 2.24) is 9.97 Å². The molecule has 53 heavy (non-hydrogen) atoms. The van der Waals surface area contributed by atoms with E-state index in [1.54, 1.807) is 6.20 Å². The Morgan fingerprint density at radius 3 is 2.23 bits per heavy atom. The van der Waals surface area contributed by atoms with Crippen molar-refractivity contribution in [3.63, 3.8) is 0 Å². The van der Waals surface area contributed by atoms with Gasteiger partial charge >= 0.3 is 0 Å². The minimum atomic E-state index is 0. The van der Waals surface area contributed by atoms with E-state index in [9.17, 15) is 5.26 Å². The summed E-state index contributed by atoms with van der Waals surface area (Å²) in [6, 6.07) is 33.1. The van der Waals surface area contributed by atoms with Crippen molar-refractivity contribution in [2.75, 3.05) is 0 Å². The molecule has 2 aliphatic carbocycles. The Kier molecular flexibility index (Phi) is 10.5. The molecule has 0 amide bonds. The first-order valence-electron chi connectivity index (χ1n) is 18.3. The van der Waals surface area contributed by atoms with Crippen LogP contribution in [-0.4, -0.2) is 9.97 Å². The molecule has 0 aliphatic heterocycles. The van der Waals surface area contributed by atoms with E-state index in [0.29, 0.717) is 17.4 Å². The molecule has 4 nitrogen and oxygen atoms in total. The second kappa shape index (κ2) is 14.7. The minimum Gasteiger partial charge on any atom is -0.500 e. The van der Waals surface area contributed by atoms with E-state index < -0.39 is 0 Å². The number of aryl methyl sites for hydroxylation is 1. The summed E-state index contributed by atoms with van der Waals surface area (Å²) in [5.74, 6) is 0.899. The molecule has 1 saturated carbocycles. The summed E-state index contributed by atoms with van der Waals surface area (Å²) in [4.78, 5) is 9.04. The molecule has 1 fully saturated rings. The van der Waals surface area contributed by atoms with Crippen LogP contribution in [0.4, 0.5) is 0 Å². The number of fused-ring (bicyclic) bond motifs is 4. The van der Waals surface area contributed by atoms with Crippen molar-refractivity contribution in [3.8, 4) is 28.6 Å². The monoisotopic (exact) mass is 874 g/mol. The van der Waals surface area contributed by atoms with Gasteiger partial charge in [-0.1, -0.05) is 115 Å². The maximum Gasteiger partial charge on any atom is 0.130 e. The van der Waals surface area contributed by atoms with Gasteiger partial charge in [-0.2, -0.15) is 5.26 Å². The first-order valence-corrected chi connectivity index (χ1v) is 18.3. The predicted molar refractivity (Wildman–Crippen MR) is 213 cm³/mol. The van der Waals surface area contributed by atoms with Gasteiger partial charge in [0.2, 0.25) is 0 Å². The maximum atomic E-state index is 10.1. The van der Waals surface area contributed by atoms with E-state index in [4.69, 9.17) is 4.42 Å². The molecular formula is C48H47IrN3O-2. The summed E-state index contributed by atoms with van der Waals surface area (Å²) in [6.07, 6.45) is 13.2. The topological polar surface area (TPSA) is 62.7 Å². The Labute approximate surface area is 328 Å². The standard InChI is InChI=1S/C32H29N2O.C16H18N.Ir/c1-31(2)15-16-32(3,4)26-18-20(12-14-25(26)31)28-21(19-33)11-13-23-22-8-7-9-24(29(22)35-30(23)28)27-10-5-6-17-34-27;1-12-5-7-13(8-6-12)15-10-9-14(11-17-15)16(2,3)4;/h5-8,10-14,17-18,25-26H,15-16H2,1-4H3;5-7,9-11H,1-4H3;/q2*-1;. The largest absolute Gasteiger partial charge is 0.500 e. The SMILES string of the molecule is CC1(C)CCC(C)(C)C2C=C(c3c(C#N)ccc4c3oc3c(-c5ccccn5)[c-]ccc34)C=CC21.Cc1c[c-]c(-c2ccc(C(C)(C)C)cn2)cc1.[Ir]. The van der Waals surface area contributed by atoms with Crippen LogP contribution in [-0.2, 0) is 25.5 Å². The van der Waals surface area contributed by atoms with Gasteiger partial charge in [0.15, 0.2) is 0 Å². The summed E-state index contributed by atoms with van der Waals surface area (Å²) < 4.78 is 6.60. The van der Waals surface area contributed by atoms with Gasteiger partial charge in [0, 0.05) is 43.4 Å². The Morgan fingerprint density at radius 2 is 1.58 bits per heavy atom. The number of benzene rings is 3. The van der Waals surface area contributed by atoms with Crippen LogP contribution in [0.15, 0.2) is 108 Å². The van der Waals surface area contributed by atoms with Crippen LogP contribution in [0.2, 0.25) is 0 Å². The first-order chi connectivity index (χ1) is 24.8. The molecule has 0 bridgehead atoms. The summed E-state index contributed by atoms with van der Waals surface area (Å²) >= 11 is 0. The van der Waals surface area contributed by atoms with E-state index >= 15 is 0 Å². The molecule has 3 aromatic heterocycles. The second-order valence-corrected chi connectivity index (χ2v) is 16.9. The van der Waals surface area contributed by atoms with E-state index in [-0.39, 0.29) is 36.4 Å². The van der Waals surface area contributed by atoms with Crippen molar-refractivity contribution in [2.45, 2.75) is 73.6 Å². The Balaban J connectivity index is 0.000000226. The van der Waals surface area contributed by atoms with Crippen LogP contribution in [0.3, 0.4) is 0 Å². The molecule has 0 saturated heterocycles. The predicted octanol–water partition coefficient (Wildman–Crippen LogP) is 12.5. The van der Waals surface area contributed by atoms with Crippen LogP contribution in [0.1, 0.15) is 83.6 Å². The zero-order chi connectivity index (χ0) is 36.8. The van der Waals surface area contributed by atoms with Gasteiger partial charge in [-0.3, -0.25) is 0 Å². The summed E-state index contributed by atoms with van der Waals surface area (Å²) in [6.45, 7) is 18.2. The fourth-order valence-corrected chi connectivity index (χ4v) is 7.83. The number of hydrogen-bond donors (Lipinski definition) is 0. The van der Waals surface area contributed by atoms with Crippen molar-refractivity contribution < 1.29 is 24.5 Å². The molecule has 5 heteroatoms. The van der Waals surface area contributed by atoms with Gasteiger partial charge in [-0.15, -0.1) is 53.6 Å². The summed E-state index contributed by atoms with van der Waals surface area (Å²) in [5.41, 5.74) is 10.9. The Bertz CT molecular complexity index is 2350. The van der Waals surface area contributed by atoms with E-state index in [1.807, 2.05) is 54.7 Å². The van der Waals surface area contributed by atoms with Crippen molar-refractivity contribution in [1.29, 1.82) is 5.26 Å². The molecule has 6 aromatic rings. The van der Waals surface area contributed by atoms with E-state index in [0.717, 1.165) is 55.6 Å². The Morgan fingerprint density at radius 1 is 0.830 bits per heavy atom. The van der Waals surface area contributed by atoms with Gasteiger partial charge in [0.25, 0.3) is 0 Å². The molecule has 0 spiro atoms. The maximum absolute atomic E-state index is 10.1. The molecular weight excluding hydrogens is 827 g/mol. The number of rotatable bonds is 3. The third-order valence-electron chi connectivity index (χ3n) is 11.3.